The van der Waals surface area contributed by atoms with Crippen LogP contribution in [0.3, 0.4) is 0 Å². The molecule has 2 fully saturated rings. The van der Waals surface area contributed by atoms with Gasteiger partial charge in [-0.25, -0.2) is 10.2 Å². The molecule has 0 aromatic heterocycles. The third kappa shape index (κ3) is 8.44. The van der Waals surface area contributed by atoms with Crippen LogP contribution in [0.5, 0.6) is 11.5 Å². The fraction of sp³-hybridized carbons (Fsp3) is 0.564. The molecule has 2 aromatic rings. The van der Waals surface area contributed by atoms with E-state index < -0.39 is 29.6 Å². The fourth-order valence-corrected chi connectivity index (χ4v) is 8.31. The average Bonchev–Trinajstić information content (AvgIpc) is 3.54. The number of hydrogen-bond acceptors (Lipinski definition) is 9. The van der Waals surface area contributed by atoms with Crippen LogP contribution in [-0.2, 0) is 38.6 Å². The lowest BCUT2D eigenvalue weighted by molar-refractivity contribution is -0.162. The number of ether oxygens (including phenoxy) is 3. The number of fused-ring (bicyclic) bond motifs is 1. The van der Waals surface area contributed by atoms with E-state index in [1.54, 1.807) is 29.0 Å². The minimum absolute atomic E-state index is 0.0336. The molecule has 2 aliphatic heterocycles. The van der Waals surface area contributed by atoms with Crippen LogP contribution < -0.4 is 21.1 Å². The van der Waals surface area contributed by atoms with Crippen LogP contribution in [0.15, 0.2) is 41.7 Å². The topological polar surface area (TPSA) is 141 Å². The number of hydrazine groups is 1. The van der Waals surface area contributed by atoms with Crippen molar-refractivity contribution in [2.24, 2.45) is 23.4 Å². The number of hydrogen-bond donors (Lipinski definition) is 2. The number of likely N-dealkylation sites (tertiary alicyclic amines) is 1. The molecule has 0 radical (unpaired) electrons. The molecule has 1 aliphatic carbocycles. The number of esters is 1. The maximum Gasteiger partial charge on any atom is 0.310 e. The Hall–Kier alpha value is -4.03. The van der Waals surface area contributed by atoms with E-state index in [0.717, 1.165) is 47.4 Å². The fourth-order valence-electron chi connectivity index (χ4n) is 8.05. The van der Waals surface area contributed by atoms with Gasteiger partial charge in [0.05, 0.1) is 30.3 Å². The van der Waals surface area contributed by atoms with Crippen molar-refractivity contribution >= 4 is 29.4 Å². The molecule has 284 valence electrons. The summed E-state index contributed by atoms with van der Waals surface area (Å²) >= 11 is 6.77. The second kappa shape index (κ2) is 16.8. The number of aryl methyl sites for hydroxylation is 1. The van der Waals surface area contributed by atoms with E-state index in [2.05, 4.69) is 6.92 Å². The van der Waals surface area contributed by atoms with Crippen LogP contribution in [0.4, 0.5) is 4.39 Å². The maximum atomic E-state index is 15.1. The van der Waals surface area contributed by atoms with Gasteiger partial charge in [-0.05, 0) is 75.3 Å². The highest BCUT2D eigenvalue weighted by Gasteiger charge is 2.46. The lowest BCUT2D eigenvalue weighted by atomic mass is 9.78. The molecule has 3 atom stereocenters. The Balaban J connectivity index is 1.44. The molecule has 3 unspecified atom stereocenters. The molecule has 1 saturated carbocycles. The molecule has 0 bridgehead atoms. The smallest absolute Gasteiger partial charge is 0.310 e. The number of halogens is 2. The first kappa shape index (κ1) is 39.2. The van der Waals surface area contributed by atoms with Crippen LogP contribution in [0.1, 0.15) is 94.1 Å². The van der Waals surface area contributed by atoms with Crippen LogP contribution in [0.2, 0.25) is 5.02 Å². The predicted octanol–water partition coefficient (Wildman–Crippen LogP) is 5.96. The van der Waals surface area contributed by atoms with E-state index in [1.807, 2.05) is 18.2 Å². The van der Waals surface area contributed by atoms with E-state index in [9.17, 15) is 14.4 Å². The summed E-state index contributed by atoms with van der Waals surface area (Å²) in [6.45, 7) is 5.40. The summed E-state index contributed by atoms with van der Waals surface area (Å²) in [6, 6.07) is 9.31. The Morgan fingerprint density at radius 1 is 1.06 bits per heavy atom. The number of carbonyl (C=O) groups is 3. The van der Waals surface area contributed by atoms with E-state index in [0.29, 0.717) is 67.3 Å². The zero-order valence-corrected chi connectivity index (χ0v) is 31.8. The number of carbonyl (C=O) groups excluding carboxylic acids is 3. The Kier molecular flexibility index (Phi) is 12.6. The Labute approximate surface area is 311 Å². The van der Waals surface area contributed by atoms with Crippen molar-refractivity contribution < 1.29 is 33.0 Å². The molecule has 1 saturated heterocycles. The van der Waals surface area contributed by atoms with Crippen molar-refractivity contribution in [3.05, 3.63) is 69.0 Å². The molecular weight excluding hydrogens is 689 g/mol. The van der Waals surface area contributed by atoms with Gasteiger partial charge >= 0.3 is 5.97 Å². The van der Waals surface area contributed by atoms with Crippen molar-refractivity contribution in [3.63, 3.8) is 0 Å². The number of amides is 2. The minimum atomic E-state index is -1.84. The second-order valence-electron chi connectivity index (χ2n) is 14.5. The van der Waals surface area contributed by atoms with E-state index in [4.69, 9.17) is 37.4 Å². The molecule has 13 heteroatoms. The van der Waals surface area contributed by atoms with Crippen LogP contribution in [0.25, 0.3) is 0 Å². The molecule has 0 spiro atoms. The summed E-state index contributed by atoms with van der Waals surface area (Å²) in [6.07, 6.45) is 5.13. The highest BCUT2D eigenvalue weighted by molar-refractivity contribution is 6.31. The largest absolute Gasteiger partial charge is 0.496 e. The van der Waals surface area contributed by atoms with Crippen LogP contribution in [0, 0.1) is 11.8 Å². The van der Waals surface area contributed by atoms with Crippen molar-refractivity contribution in [2.75, 3.05) is 33.9 Å². The summed E-state index contributed by atoms with van der Waals surface area (Å²) < 4.78 is 32.8. The first-order valence-electron chi connectivity index (χ1n) is 18.3. The van der Waals surface area contributed by atoms with Gasteiger partial charge in [0, 0.05) is 42.7 Å². The molecule has 5 rings (SSSR count). The van der Waals surface area contributed by atoms with E-state index in [1.165, 1.54) is 20.9 Å². The molecule has 52 heavy (non-hydrogen) atoms. The van der Waals surface area contributed by atoms with Gasteiger partial charge in [0.25, 0.3) is 0 Å². The van der Waals surface area contributed by atoms with Gasteiger partial charge in [0.2, 0.25) is 11.8 Å². The number of benzene rings is 2. The third-order valence-electron chi connectivity index (χ3n) is 10.4. The van der Waals surface area contributed by atoms with Crippen molar-refractivity contribution in [1.29, 1.82) is 0 Å². The van der Waals surface area contributed by atoms with Crippen molar-refractivity contribution in [2.45, 2.75) is 97.0 Å². The van der Waals surface area contributed by atoms with Gasteiger partial charge in [0.1, 0.15) is 36.5 Å². The monoisotopic (exact) mass is 741 g/mol. The van der Waals surface area contributed by atoms with E-state index >= 15 is 4.39 Å². The van der Waals surface area contributed by atoms with Gasteiger partial charge in [-0.15, -0.1) is 0 Å². The SMILES string of the molecule is CCCc1ccc(COC(=O)C2CCCCC2C(=O)N2CCc3c(Cl)ccc(OC/C(N)=C(/N(C)N)C(C)(C)F)c3C2N2CCCC2=O)c(OC)c1. The lowest BCUT2D eigenvalue weighted by Crippen LogP contribution is -2.52. The molecule has 4 N–H and O–H groups in total. The quantitative estimate of drug-likeness (QED) is 0.145. The second-order valence-corrected chi connectivity index (χ2v) is 14.9. The standard InChI is InChI=1S/C39H53ClFN5O6/c1-6-10-24-14-15-25(32(21-24)50-5)22-52-38(49)27-12-8-7-11-26(27)37(48)46-20-18-28-29(40)16-17-31(34(28)36(46)45-19-9-13-33(45)47)51-23-30(42)35(44(4)43)39(2,3)41/h14-17,21,26-27,36H,6-13,18-20,22-23,42-43H2,1-5H3/b35-30-. The molecule has 2 amide bonds. The van der Waals surface area contributed by atoms with Crippen LogP contribution >= 0.6 is 11.6 Å². The summed E-state index contributed by atoms with van der Waals surface area (Å²) in [5, 5.41) is 1.62. The van der Waals surface area contributed by atoms with Gasteiger partial charge in [-0.3, -0.25) is 14.4 Å². The van der Waals surface area contributed by atoms with E-state index in [-0.39, 0.29) is 36.4 Å². The van der Waals surface area contributed by atoms with Gasteiger partial charge in [-0.1, -0.05) is 49.9 Å². The van der Waals surface area contributed by atoms with Crippen molar-refractivity contribution in [1.82, 2.24) is 14.8 Å². The van der Waals surface area contributed by atoms with Gasteiger partial charge in [0.15, 0.2) is 0 Å². The lowest BCUT2D eigenvalue weighted by Gasteiger charge is -2.45. The van der Waals surface area contributed by atoms with Crippen LogP contribution in [-0.4, -0.2) is 72.1 Å². The Morgan fingerprint density at radius 3 is 2.42 bits per heavy atom. The molecular formula is C39H53ClFN5O6. The average molecular weight is 742 g/mol. The number of methoxy groups -OCH3 is 1. The number of nitrogens with zero attached hydrogens (tertiary/aromatic N) is 3. The number of rotatable bonds is 13. The summed E-state index contributed by atoms with van der Waals surface area (Å²) in [4.78, 5) is 45.3. The molecule has 2 heterocycles. The first-order chi connectivity index (χ1) is 24.8. The minimum Gasteiger partial charge on any atom is -0.496 e. The van der Waals surface area contributed by atoms with Gasteiger partial charge < -0.3 is 34.8 Å². The zero-order chi connectivity index (χ0) is 37.7. The highest BCUT2D eigenvalue weighted by Crippen LogP contribution is 2.45. The zero-order valence-electron chi connectivity index (χ0n) is 31.0. The number of alkyl halides is 1. The normalized spacial score (nSPS) is 21.0. The number of allylic oxidation sites excluding steroid dienone is 1. The third-order valence-corrected chi connectivity index (χ3v) is 10.7. The summed E-state index contributed by atoms with van der Waals surface area (Å²) in [5.74, 6) is 4.97. The van der Waals surface area contributed by atoms with Gasteiger partial charge in [-0.2, -0.15) is 0 Å². The predicted molar refractivity (Wildman–Crippen MR) is 197 cm³/mol. The molecule has 11 nitrogen and oxygen atoms in total. The summed E-state index contributed by atoms with van der Waals surface area (Å²) in [7, 11) is 3.10. The number of nitrogens with two attached hydrogens (primary N) is 2. The first-order valence-corrected chi connectivity index (χ1v) is 18.7. The molecule has 2 aromatic carbocycles. The Morgan fingerprint density at radius 2 is 1.79 bits per heavy atom. The van der Waals surface area contributed by atoms with Crippen molar-refractivity contribution in [3.8, 4) is 11.5 Å². The summed E-state index contributed by atoms with van der Waals surface area (Å²) in [5.41, 5.74) is 7.92. The highest BCUT2D eigenvalue weighted by atomic mass is 35.5. The Bertz CT molecular complexity index is 1680. The maximum absolute atomic E-state index is 15.1. The molecule has 3 aliphatic rings.